The molecule has 14 heavy (non-hydrogen) atoms. The highest BCUT2D eigenvalue weighted by Gasteiger charge is 2.44. The summed E-state index contributed by atoms with van der Waals surface area (Å²) in [7, 11) is 0. The Kier molecular flexibility index (Phi) is 2.96. The van der Waals surface area contributed by atoms with E-state index in [-0.39, 0.29) is 0 Å². The van der Waals surface area contributed by atoms with Crippen LogP contribution in [0.2, 0.25) is 0 Å². The van der Waals surface area contributed by atoms with Crippen molar-refractivity contribution >= 4 is 0 Å². The lowest BCUT2D eigenvalue weighted by atomic mass is 9.82. The summed E-state index contributed by atoms with van der Waals surface area (Å²) in [6, 6.07) is 0. The molecule has 80 valence electrons. The maximum atomic E-state index is 4.10. The van der Waals surface area contributed by atoms with Crippen molar-refractivity contribution < 1.29 is 0 Å². The van der Waals surface area contributed by atoms with Crippen LogP contribution < -0.4 is 5.32 Å². The zero-order valence-corrected chi connectivity index (χ0v) is 9.44. The van der Waals surface area contributed by atoms with Gasteiger partial charge in [-0.05, 0) is 51.5 Å². The van der Waals surface area contributed by atoms with E-state index < -0.39 is 0 Å². The van der Waals surface area contributed by atoms with Gasteiger partial charge in [-0.2, -0.15) is 0 Å². The lowest BCUT2D eigenvalue weighted by Gasteiger charge is -2.34. The topological polar surface area (TPSA) is 12.0 Å². The Hall–Kier alpha value is -0.300. The summed E-state index contributed by atoms with van der Waals surface area (Å²) in [6.45, 7) is 7.50. The Morgan fingerprint density at radius 1 is 1.36 bits per heavy atom. The first-order valence-electron chi connectivity index (χ1n) is 6.12. The van der Waals surface area contributed by atoms with Gasteiger partial charge < -0.3 is 5.32 Å². The molecule has 0 aromatic rings. The van der Waals surface area contributed by atoms with Crippen molar-refractivity contribution in [1.82, 2.24) is 5.32 Å². The summed E-state index contributed by atoms with van der Waals surface area (Å²) in [5, 5.41) is 3.83. The van der Waals surface area contributed by atoms with Gasteiger partial charge in [-0.3, -0.25) is 0 Å². The highest BCUT2D eigenvalue weighted by molar-refractivity contribution is 5.09. The first kappa shape index (κ1) is 10.2. The molecular formula is C13H23N. The summed E-state index contributed by atoms with van der Waals surface area (Å²) in [4.78, 5) is 0. The van der Waals surface area contributed by atoms with Gasteiger partial charge in [0.1, 0.15) is 0 Å². The molecule has 1 nitrogen and oxygen atoms in total. The summed E-state index contributed by atoms with van der Waals surface area (Å²) in [5.74, 6) is 0.956. The van der Waals surface area contributed by atoms with Gasteiger partial charge in [-0.15, -0.1) is 6.58 Å². The van der Waals surface area contributed by atoms with Crippen molar-refractivity contribution in [3.63, 3.8) is 0 Å². The fraction of sp³-hybridized carbons (Fsp3) is 0.846. The van der Waals surface area contributed by atoms with E-state index in [1.54, 1.807) is 0 Å². The van der Waals surface area contributed by atoms with E-state index in [4.69, 9.17) is 0 Å². The van der Waals surface area contributed by atoms with Gasteiger partial charge in [-0.25, -0.2) is 0 Å². The standard InChI is InChI=1S/C13H23N/c1-11(2)10-13(12-6-7-12)8-4-3-5-9-14-13/h12,14H,1,3-10H2,2H3. The lowest BCUT2D eigenvalue weighted by molar-refractivity contribution is 0.270. The molecule has 0 bridgehead atoms. The van der Waals surface area contributed by atoms with Crippen molar-refractivity contribution in [2.75, 3.05) is 6.54 Å². The SMILES string of the molecule is C=C(C)CC1(C2CC2)CCCCCN1. The molecule has 0 aromatic heterocycles. The molecule has 1 aliphatic carbocycles. The van der Waals surface area contributed by atoms with E-state index in [2.05, 4.69) is 18.8 Å². The monoisotopic (exact) mass is 193 g/mol. The van der Waals surface area contributed by atoms with Gasteiger partial charge in [0.05, 0.1) is 0 Å². The molecule has 2 fully saturated rings. The molecule has 0 aromatic carbocycles. The molecule has 1 heteroatoms. The van der Waals surface area contributed by atoms with E-state index in [0.717, 1.165) is 5.92 Å². The van der Waals surface area contributed by atoms with E-state index in [0.29, 0.717) is 5.54 Å². The molecule has 1 N–H and O–H groups in total. The molecule has 1 heterocycles. The van der Waals surface area contributed by atoms with Crippen LogP contribution in [0.25, 0.3) is 0 Å². The average Bonchev–Trinajstić information content (AvgIpc) is 2.89. The fourth-order valence-electron chi connectivity index (χ4n) is 2.99. The van der Waals surface area contributed by atoms with Crippen LogP contribution in [0.5, 0.6) is 0 Å². The highest BCUT2D eigenvalue weighted by Crippen LogP contribution is 2.46. The van der Waals surface area contributed by atoms with E-state index in [1.807, 2.05) is 0 Å². The van der Waals surface area contributed by atoms with Crippen molar-refractivity contribution in [2.24, 2.45) is 5.92 Å². The van der Waals surface area contributed by atoms with E-state index >= 15 is 0 Å². The Bertz CT molecular complexity index is 207. The Morgan fingerprint density at radius 2 is 2.14 bits per heavy atom. The Morgan fingerprint density at radius 3 is 2.79 bits per heavy atom. The normalized spacial score (nSPS) is 33.8. The molecular weight excluding hydrogens is 170 g/mol. The minimum atomic E-state index is 0.447. The van der Waals surface area contributed by atoms with Crippen LogP contribution in [0.4, 0.5) is 0 Å². The Labute approximate surface area is 88.0 Å². The van der Waals surface area contributed by atoms with Gasteiger partial charge in [0.15, 0.2) is 0 Å². The third-order valence-electron chi connectivity index (χ3n) is 3.75. The predicted molar refractivity (Wildman–Crippen MR) is 61.4 cm³/mol. The third-order valence-corrected chi connectivity index (χ3v) is 3.75. The second-order valence-electron chi connectivity index (χ2n) is 5.30. The van der Waals surface area contributed by atoms with Crippen LogP contribution in [-0.2, 0) is 0 Å². The zero-order chi connectivity index (χ0) is 10.0. The van der Waals surface area contributed by atoms with Crippen molar-refractivity contribution in [1.29, 1.82) is 0 Å². The lowest BCUT2D eigenvalue weighted by Crippen LogP contribution is -2.46. The molecule has 0 radical (unpaired) electrons. The molecule has 2 rings (SSSR count). The molecule has 1 unspecified atom stereocenters. The maximum absolute atomic E-state index is 4.10. The first-order valence-corrected chi connectivity index (χ1v) is 6.12. The van der Waals surface area contributed by atoms with E-state index in [9.17, 15) is 0 Å². The van der Waals surface area contributed by atoms with Gasteiger partial charge in [0, 0.05) is 5.54 Å². The summed E-state index contributed by atoms with van der Waals surface area (Å²) in [5.41, 5.74) is 1.80. The summed E-state index contributed by atoms with van der Waals surface area (Å²) in [6.07, 6.45) is 9.67. The zero-order valence-electron chi connectivity index (χ0n) is 9.44. The van der Waals surface area contributed by atoms with Crippen molar-refractivity contribution in [2.45, 2.75) is 57.4 Å². The van der Waals surface area contributed by atoms with E-state index in [1.165, 1.54) is 57.1 Å². The van der Waals surface area contributed by atoms with Crippen molar-refractivity contribution in [3.05, 3.63) is 12.2 Å². The minimum Gasteiger partial charge on any atom is -0.311 e. The highest BCUT2D eigenvalue weighted by atomic mass is 15.0. The van der Waals surface area contributed by atoms with Crippen LogP contribution in [-0.4, -0.2) is 12.1 Å². The van der Waals surface area contributed by atoms with Gasteiger partial charge in [-0.1, -0.05) is 18.4 Å². The molecule has 1 aliphatic heterocycles. The molecule has 1 saturated heterocycles. The molecule has 1 saturated carbocycles. The fourth-order valence-corrected chi connectivity index (χ4v) is 2.99. The van der Waals surface area contributed by atoms with Crippen LogP contribution in [0.1, 0.15) is 51.9 Å². The van der Waals surface area contributed by atoms with Crippen molar-refractivity contribution in [3.8, 4) is 0 Å². The summed E-state index contributed by atoms with van der Waals surface area (Å²) < 4.78 is 0. The van der Waals surface area contributed by atoms with Gasteiger partial charge >= 0.3 is 0 Å². The predicted octanol–water partition coefficient (Wildman–Crippen LogP) is 3.27. The van der Waals surface area contributed by atoms with Crippen LogP contribution in [0, 0.1) is 5.92 Å². The van der Waals surface area contributed by atoms with Crippen LogP contribution in [0.3, 0.4) is 0 Å². The molecule has 2 aliphatic rings. The largest absolute Gasteiger partial charge is 0.311 e. The molecule has 0 amide bonds. The minimum absolute atomic E-state index is 0.447. The molecule has 1 atom stereocenters. The summed E-state index contributed by atoms with van der Waals surface area (Å²) >= 11 is 0. The molecule has 0 spiro atoms. The Balaban J connectivity index is 2.06. The van der Waals surface area contributed by atoms with Gasteiger partial charge in [0.2, 0.25) is 0 Å². The smallest absolute Gasteiger partial charge is 0.0246 e. The second-order valence-corrected chi connectivity index (χ2v) is 5.30. The maximum Gasteiger partial charge on any atom is 0.0246 e. The quantitative estimate of drug-likeness (QED) is 0.678. The van der Waals surface area contributed by atoms with Crippen LogP contribution in [0.15, 0.2) is 12.2 Å². The number of rotatable bonds is 3. The second kappa shape index (κ2) is 4.06. The number of hydrogen-bond acceptors (Lipinski definition) is 1. The van der Waals surface area contributed by atoms with Gasteiger partial charge in [0.25, 0.3) is 0 Å². The number of nitrogens with one attached hydrogen (secondary N) is 1. The van der Waals surface area contributed by atoms with Crippen LogP contribution >= 0.6 is 0 Å². The number of hydrogen-bond donors (Lipinski definition) is 1. The first-order chi connectivity index (χ1) is 6.73. The third kappa shape index (κ3) is 2.20. The average molecular weight is 193 g/mol.